The minimum Gasteiger partial charge on any atom is -1.00 e. The highest BCUT2D eigenvalue weighted by atomic mass is 35.5. The number of aryl methyl sites for hydroxylation is 2. The minimum absolute atomic E-state index is 0. The molecule has 1 heterocycles. The molecule has 0 fully saturated rings. The molecule has 0 spiro atoms. The summed E-state index contributed by atoms with van der Waals surface area (Å²) in [5.74, 6) is 1.36. The van der Waals surface area contributed by atoms with Crippen molar-refractivity contribution in [3.63, 3.8) is 0 Å². The van der Waals surface area contributed by atoms with Crippen LogP contribution in [0.1, 0.15) is 77.0 Å². The van der Waals surface area contributed by atoms with Gasteiger partial charge in [0.1, 0.15) is 12.4 Å². The molecule has 0 aliphatic rings. The van der Waals surface area contributed by atoms with Crippen LogP contribution in [0.5, 0.6) is 0 Å². The zero-order valence-corrected chi connectivity index (χ0v) is 15.0. The number of imidazole rings is 1. The number of aromatic nitrogens is 2. The molecule has 0 bridgehead atoms. The van der Waals surface area contributed by atoms with Crippen LogP contribution in [-0.4, -0.2) is 10.0 Å². The Balaban J connectivity index is 0. The SMILES string of the molecule is CCCCCCCCCCCCn1cc[n+](C)c1C.O.[Cl-]. The van der Waals surface area contributed by atoms with E-state index in [2.05, 4.69) is 42.4 Å². The normalized spacial score (nSPS) is 10.0. The molecule has 1 rings (SSSR count). The molecular formula is C17H35ClN2O. The fraction of sp³-hybridized carbons (Fsp3) is 0.824. The topological polar surface area (TPSA) is 40.3 Å². The standard InChI is InChI=1S/C17H33N2.ClH.H2O/c1-4-5-6-7-8-9-10-11-12-13-14-19-16-15-18(3)17(19)2;;/h15-16H,4-14H2,1-3H3;1H;1H2/q+1;;/p-1. The lowest BCUT2D eigenvalue weighted by Crippen LogP contribution is -3.00. The van der Waals surface area contributed by atoms with Gasteiger partial charge in [-0.3, -0.25) is 0 Å². The molecule has 0 aliphatic heterocycles. The van der Waals surface area contributed by atoms with Crippen molar-refractivity contribution >= 4 is 0 Å². The number of halogens is 1. The second-order valence-electron chi connectivity index (χ2n) is 5.83. The largest absolute Gasteiger partial charge is 1.00 e. The Kier molecular flexibility index (Phi) is 15.6. The fourth-order valence-electron chi connectivity index (χ4n) is 2.60. The molecule has 0 aromatic carbocycles. The first kappa shape index (κ1) is 22.7. The van der Waals surface area contributed by atoms with Gasteiger partial charge in [-0.05, 0) is 12.8 Å². The number of nitrogens with zero attached hydrogens (tertiary/aromatic N) is 2. The minimum atomic E-state index is 0. The van der Waals surface area contributed by atoms with E-state index in [1.165, 1.54) is 76.6 Å². The van der Waals surface area contributed by atoms with Crippen LogP contribution in [0.3, 0.4) is 0 Å². The van der Waals surface area contributed by atoms with Crippen LogP contribution in [0.4, 0.5) is 0 Å². The molecule has 0 aliphatic carbocycles. The van der Waals surface area contributed by atoms with Gasteiger partial charge in [0.05, 0.1) is 13.6 Å². The average molecular weight is 319 g/mol. The van der Waals surface area contributed by atoms with E-state index in [0.29, 0.717) is 0 Å². The van der Waals surface area contributed by atoms with Gasteiger partial charge in [0, 0.05) is 6.92 Å². The smallest absolute Gasteiger partial charge is 0.253 e. The second-order valence-corrected chi connectivity index (χ2v) is 5.83. The Morgan fingerprint density at radius 3 is 1.81 bits per heavy atom. The van der Waals surface area contributed by atoms with Crippen LogP contribution >= 0.6 is 0 Å². The highest BCUT2D eigenvalue weighted by Gasteiger charge is 2.07. The predicted octanol–water partition coefficient (Wildman–Crippen LogP) is 0.721. The summed E-state index contributed by atoms with van der Waals surface area (Å²) in [6.07, 6.45) is 18.5. The third-order valence-corrected chi connectivity index (χ3v) is 4.15. The molecule has 0 unspecified atom stereocenters. The molecule has 0 atom stereocenters. The lowest BCUT2D eigenvalue weighted by molar-refractivity contribution is -0.677. The molecule has 1 aromatic rings. The maximum Gasteiger partial charge on any atom is 0.253 e. The van der Waals surface area contributed by atoms with Crippen LogP contribution in [0.15, 0.2) is 12.4 Å². The van der Waals surface area contributed by atoms with Gasteiger partial charge in [-0.15, -0.1) is 0 Å². The van der Waals surface area contributed by atoms with Crippen LogP contribution in [0, 0.1) is 6.92 Å². The Bertz CT molecular complexity index is 340. The van der Waals surface area contributed by atoms with Crippen molar-refractivity contribution in [2.75, 3.05) is 0 Å². The molecule has 1 aromatic heterocycles. The lowest BCUT2D eigenvalue weighted by Gasteiger charge is -2.02. The Morgan fingerprint density at radius 2 is 1.38 bits per heavy atom. The number of unbranched alkanes of at least 4 members (excludes halogenated alkanes) is 9. The number of hydrogen-bond donors (Lipinski definition) is 0. The average Bonchev–Trinajstić information content (AvgIpc) is 2.73. The van der Waals surface area contributed by atoms with Gasteiger partial charge >= 0.3 is 0 Å². The van der Waals surface area contributed by atoms with Crippen molar-refractivity contribution in [2.24, 2.45) is 7.05 Å². The summed E-state index contributed by atoms with van der Waals surface area (Å²) in [6, 6.07) is 0. The highest BCUT2D eigenvalue weighted by Crippen LogP contribution is 2.11. The first-order valence-corrected chi connectivity index (χ1v) is 8.27. The zero-order valence-electron chi connectivity index (χ0n) is 14.2. The fourth-order valence-corrected chi connectivity index (χ4v) is 2.60. The predicted molar refractivity (Wildman–Crippen MR) is 85.8 cm³/mol. The maximum absolute atomic E-state index is 2.37. The van der Waals surface area contributed by atoms with Crippen LogP contribution in [0.2, 0.25) is 0 Å². The van der Waals surface area contributed by atoms with E-state index in [1.807, 2.05) is 0 Å². The van der Waals surface area contributed by atoms with E-state index in [-0.39, 0.29) is 17.9 Å². The molecule has 0 saturated carbocycles. The van der Waals surface area contributed by atoms with Gasteiger partial charge in [-0.2, -0.15) is 0 Å². The summed E-state index contributed by atoms with van der Waals surface area (Å²) >= 11 is 0. The van der Waals surface area contributed by atoms with E-state index in [9.17, 15) is 0 Å². The molecule has 21 heavy (non-hydrogen) atoms. The van der Waals surface area contributed by atoms with Crippen molar-refractivity contribution in [2.45, 2.75) is 84.6 Å². The maximum atomic E-state index is 2.37. The van der Waals surface area contributed by atoms with E-state index in [0.717, 1.165) is 0 Å². The van der Waals surface area contributed by atoms with Crippen molar-refractivity contribution in [3.05, 3.63) is 18.2 Å². The van der Waals surface area contributed by atoms with E-state index >= 15 is 0 Å². The van der Waals surface area contributed by atoms with Crippen molar-refractivity contribution in [3.8, 4) is 0 Å². The molecule has 0 saturated heterocycles. The summed E-state index contributed by atoms with van der Waals surface area (Å²) in [5.41, 5.74) is 0. The van der Waals surface area contributed by atoms with Gasteiger partial charge in [0.25, 0.3) is 5.82 Å². The summed E-state index contributed by atoms with van der Waals surface area (Å²) in [7, 11) is 2.12. The summed E-state index contributed by atoms with van der Waals surface area (Å²) in [4.78, 5) is 0. The van der Waals surface area contributed by atoms with Gasteiger partial charge in [-0.25, -0.2) is 9.13 Å². The summed E-state index contributed by atoms with van der Waals surface area (Å²) in [6.45, 7) is 5.66. The quantitative estimate of drug-likeness (QED) is 0.426. The summed E-state index contributed by atoms with van der Waals surface area (Å²) < 4.78 is 4.56. The van der Waals surface area contributed by atoms with Crippen molar-refractivity contribution < 1.29 is 22.5 Å². The molecule has 126 valence electrons. The third kappa shape index (κ3) is 9.92. The molecule has 4 heteroatoms. The van der Waals surface area contributed by atoms with E-state index in [4.69, 9.17) is 0 Å². The summed E-state index contributed by atoms with van der Waals surface area (Å²) in [5, 5.41) is 0. The van der Waals surface area contributed by atoms with Gasteiger partial charge in [0.2, 0.25) is 0 Å². The molecule has 0 amide bonds. The van der Waals surface area contributed by atoms with Crippen LogP contribution in [0.25, 0.3) is 0 Å². The van der Waals surface area contributed by atoms with Gasteiger partial charge in [-0.1, -0.05) is 58.3 Å². The Morgan fingerprint density at radius 1 is 0.905 bits per heavy atom. The highest BCUT2D eigenvalue weighted by molar-refractivity contribution is 4.78. The Hall–Kier alpha value is -0.540. The number of rotatable bonds is 11. The lowest BCUT2D eigenvalue weighted by atomic mass is 10.1. The molecule has 2 N–H and O–H groups in total. The number of hydrogen-bond acceptors (Lipinski definition) is 0. The van der Waals surface area contributed by atoms with Gasteiger partial charge < -0.3 is 17.9 Å². The monoisotopic (exact) mass is 318 g/mol. The van der Waals surface area contributed by atoms with Crippen LogP contribution in [-0.2, 0) is 13.6 Å². The van der Waals surface area contributed by atoms with Crippen molar-refractivity contribution in [1.29, 1.82) is 0 Å². The molecular weight excluding hydrogens is 284 g/mol. The molecule has 0 radical (unpaired) electrons. The van der Waals surface area contributed by atoms with E-state index in [1.54, 1.807) is 0 Å². The zero-order chi connectivity index (χ0) is 13.9. The Labute approximate surface area is 137 Å². The third-order valence-electron chi connectivity index (χ3n) is 4.15. The second kappa shape index (κ2) is 14.4. The first-order chi connectivity index (χ1) is 9.25. The molecule has 3 nitrogen and oxygen atoms in total. The first-order valence-electron chi connectivity index (χ1n) is 8.27. The van der Waals surface area contributed by atoms with Crippen molar-refractivity contribution in [1.82, 2.24) is 4.57 Å². The van der Waals surface area contributed by atoms with Gasteiger partial charge in [0.15, 0.2) is 0 Å². The van der Waals surface area contributed by atoms with Crippen LogP contribution < -0.4 is 17.0 Å². The van der Waals surface area contributed by atoms with E-state index < -0.39 is 0 Å².